The topological polar surface area (TPSA) is 46.4 Å². The maximum Gasteiger partial charge on any atom is 0.271 e. The monoisotopic (exact) mass is 371 g/mol. The molecule has 0 aliphatic carbocycles. The van der Waals surface area contributed by atoms with E-state index in [2.05, 4.69) is 10.5 Å². The van der Waals surface area contributed by atoms with Gasteiger partial charge in [-0.05, 0) is 61.0 Å². The Labute approximate surface area is 155 Å². The maximum absolute atomic E-state index is 12.0. The minimum absolute atomic E-state index is 0.301. The molecule has 6 heteroatoms. The Hall–Kier alpha value is -2.56. The van der Waals surface area contributed by atoms with Crippen molar-refractivity contribution in [2.45, 2.75) is 6.92 Å². The number of rotatable bonds is 4. The zero-order valence-electron chi connectivity index (χ0n) is 13.4. The van der Waals surface area contributed by atoms with Gasteiger partial charge < -0.3 is 4.57 Å². The van der Waals surface area contributed by atoms with Gasteiger partial charge in [0.05, 0.1) is 11.9 Å². The normalized spacial score (nSPS) is 11.0. The highest BCUT2D eigenvalue weighted by atomic mass is 35.5. The number of hydrazone groups is 1. The Kier molecular flexibility index (Phi) is 5.22. The fourth-order valence-corrected chi connectivity index (χ4v) is 2.59. The molecule has 1 heterocycles. The van der Waals surface area contributed by atoms with Crippen LogP contribution in [0.3, 0.4) is 0 Å². The van der Waals surface area contributed by atoms with Gasteiger partial charge >= 0.3 is 0 Å². The molecule has 0 saturated carbocycles. The second-order valence-electron chi connectivity index (χ2n) is 5.44. The molecule has 0 bridgehead atoms. The van der Waals surface area contributed by atoms with E-state index in [1.807, 2.05) is 48.0 Å². The van der Waals surface area contributed by atoms with Crippen LogP contribution in [0.4, 0.5) is 0 Å². The molecule has 25 heavy (non-hydrogen) atoms. The number of nitrogens with zero attached hydrogens (tertiary/aromatic N) is 2. The molecule has 0 aliphatic heterocycles. The van der Waals surface area contributed by atoms with Crippen LogP contribution in [0.2, 0.25) is 10.0 Å². The van der Waals surface area contributed by atoms with Crippen LogP contribution in [-0.4, -0.2) is 16.7 Å². The molecule has 1 N–H and O–H groups in total. The summed E-state index contributed by atoms with van der Waals surface area (Å²) in [5.41, 5.74) is 5.75. The minimum atomic E-state index is -0.301. The van der Waals surface area contributed by atoms with Crippen molar-refractivity contribution in [1.29, 1.82) is 0 Å². The number of aryl methyl sites for hydroxylation is 1. The van der Waals surface area contributed by atoms with Gasteiger partial charge in [-0.3, -0.25) is 4.79 Å². The molecule has 0 unspecified atom stereocenters. The average molecular weight is 372 g/mol. The Morgan fingerprint density at radius 3 is 2.60 bits per heavy atom. The van der Waals surface area contributed by atoms with Crippen molar-refractivity contribution in [3.05, 3.63) is 87.7 Å². The van der Waals surface area contributed by atoms with Crippen molar-refractivity contribution in [3.8, 4) is 5.69 Å². The number of halogens is 2. The zero-order valence-corrected chi connectivity index (χ0v) is 14.9. The summed E-state index contributed by atoms with van der Waals surface area (Å²) in [6, 6.07) is 16.2. The number of nitrogens with one attached hydrogen (secondary N) is 1. The molecule has 0 fully saturated rings. The quantitative estimate of drug-likeness (QED) is 0.516. The highest BCUT2D eigenvalue weighted by Gasteiger charge is 2.05. The largest absolute Gasteiger partial charge is 0.316 e. The molecular formula is C19H15Cl2N3O. The molecule has 0 spiro atoms. The van der Waals surface area contributed by atoms with Crippen molar-refractivity contribution in [2.24, 2.45) is 5.10 Å². The van der Waals surface area contributed by atoms with E-state index < -0.39 is 0 Å². The van der Waals surface area contributed by atoms with Crippen molar-refractivity contribution in [2.75, 3.05) is 0 Å². The summed E-state index contributed by atoms with van der Waals surface area (Å²) >= 11 is 12.0. The van der Waals surface area contributed by atoms with Crippen LogP contribution >= 0.6 is 23.2 Å². The first-order chi connectivity index (χ1) is 12.0. The first-order valence-corrected chi connectivity index (χ1v) is 8.33. The van der Waals surface area contributed by atoms with Crippen LogP contribution in [0, 0.1) is 6.92 Å². The zero-order chi connectivity index (χ0) is 17.8. The smallest absolute Gasteiger partial charge is 0.271 e. The minimum Gasteiger partial charge on any atom is -0.316 e. The van der Waals surface area contributed by atoms with Gasteiger partial charge in [-0.25, -0.2) is 5.43 Å². The van der Waals surface area contributed by atoms with Crippen LogP contribution in [0.25, 0.3) is 5.69 Å². The number of amides is 1. The van der Waals surface area contributed by atoms with Gasteiger partial charge in [0.1, 0.15) is 0 Å². The lowest BCUT2D eigenvalue weighted by Crippen LogP contribution is -2.17. The maximum atomic E-state index is 12.0. The lowest BCUT2D eigenvalue weighted by molar-refractivity contribution is 0.0955. The van der Waals surface area contributed by atoms with E-state index in [0.717, 1.165) is 16.9 Å². The first-order valence-electron chi connectivity index (χ1n) is 7.57. The molecule has 0 aliphatic rings. The van der Waals surface area contributed by atoms with Gasteiger partial charge in [0.2, 0.25) is 0 Å². The summed E-state index contributed by atoms with van der Waals surface area (Å²) < 4.78 is 1.93. The summed E-state index contributed by atoms with van der Waals surface area (Å²) in [6.07, 6.45) is 3.49. The van der Waals surface area contributed by atoms with E-state index in [-0.39, 0.29) is 5.91 Å². The van der Waals surface area contributed by atoms with E-state index in [1.165, 1.54) is 0 Å². The number of benzene rings is 2. The molecule has 0 saturated heterocycles. The second-order valence-corrected chi connectivity index (χ2v) is 6.29. The Morgan fingerprint density at radius 1 is 1.12 bits per heavy atom. The molecule has 126 valence electrons. The molecular weight excluding hydrogens is 357 g/mol. The highest BCUT2D eigenvalue weighted by molar-refractivity contribution is 6.31. The van der Waals surface area contributed by atoms with Crippen LogP contribution < -0.4 is 5.43 Å². The second kappa shape index (κ2) is 7.55. The summed E-state index contributed by atoms with van der Waals surface area (Å²) in [6.45, 7) is 1.95. The number of carbonyl (C=O) groups is 1. The van der Waals surface area contributed by atoms with Gasteiger partial charge in [0, 0.05) is 27.5 Å². The molecule has 1 amide bonds. The van der Waals surface area contributed by atoms with Crippen molar-refractivity contribution >= 4 is 35.3 Å². The fourth-order valence-electron chi connectivity index (χ4n) is 2.29. The number of aromatic nitrogens is 1. The van der Waals surface area contributed by atoms with Crippen LogP contribution in [-0.2, 0) is 0 Å². The number of carbonyl (C=O) groups excluding carboxylic acids is 1. The van der Waals surface area contributed by atoms with Crippen LogP contribution in [0.15, 0.2) is 65.9 Å². The molecule has 3 aromatic rings. The van der Waals surface area contributed by atoms with Gasteiger partial charge in [-0.2, -0.15) is 5.10 Å². The number of hydrogen-bond acceptors (Lipinski definition) is 2. The molecule has 1 aromatic heterocycles. The van der Waals surface area contributed by atoms with Crippen molar-refractivity contribution in [1.82, 2.24) is 9.99 Å². The third-order valence-corrected chi connectivity index (χ3v) is 4.34. The van der Waals surface area contributed by atoms with Crippen LogP contribution in [0.1, 0.15) is 21.6 Å². The van der Waals surface area contributed by atoms with Crippen LogP contribution in [0.5, 0.6) is 0 Å². The predicted molar refractivity (Wildman–Crippen MR) is 102 cm³/mol. The SMILES string of the molecule is Cc1ccc(-n2cccc2/C=N\NC(=O)c2ccc(Cl)cc2)cc1Cl. The summed E-state index contributed by atoms with van der Waals surface area (Å²) in [7, 11) is 0. The first kappa shape index (κ1) is 17.3. The van der Waals surface area contributed by atoms with Crippen molar-refractivity contribution in [3.63, 3.8) is 0 Å². The van der Waals surface area contributed by atoms with E-state index in [1.54, 1.807) is 30.5 Å². The fraction of sp³-hybridized carbons (Fsp3) is 0.0526. The van der Waals surface area contributed by atoms with Gasteiger partial charge in [0.15, 0.2) is 0 Å². The third kappa shape index (κ3) is 4.10. The molecule has 3 rings (SSSR count). The van der Waals surface area contributed by atoms with E-state index >= 15 is 0 Å². The van der Waals surface area contributed by atoms with Gasteiger partial charge in [0.25, 0.3) is 5.91 Å². The van der Waals surface area contributed by atoms with Gasteiger partial charge in [-0.1, -0.05) is 29.3 Å². The molecule has 2 aromatic carbocycles. The van der Waals surface area contributed by atoms with Gasteiger partial charge in [-0.15, -0.1) is 0 Å². The molecule has 0 atom stereocenters. The predicted octanol–water partition coefficient (Wildman–Crippen LogP) is 4.86. The molecule has 0 radical (unpaired) electrons. The lowest BCUT2D eigenvalue weighted by atomic mass is 10.2. The Bertz CT molecular complexity index is 930. The number of hydrogen-bond donors (Lipinski definition) is 1. The Balaban J connectivity index is 1.74. The van der Waals surface area contributed by atoms with E-state index in [9.17, 15) is 4.79 Å². The third-order valence-electron chi connectivity index (χ3n) is 3.68. The van der Waals surface area contributed by atoms with E-state index in [4.69, 9.17) is 23.2 Å². The summed E-state index contributed by atoms with van der Waals surface area (Å²) in [4.78, 5) is 12.0. The standard InChI is InChI=1S/C19H15Cl2N3O/c1-13-4-9-16(11-18(13)21)24-10-2-3-17(24)12-22-23-19(25)14-5-7-15(20)8-6-14/h2-12H,1H3,(H,23,25)/b22-12-. The average Bonchev–Trinajstić information content (AvgIpc) is 3.06. The Morgan fingerprint density at radius 2 is 1.88 bits per heavy atom. The van der Waals surface area contributed by atoms with E-state index in [0.29, 0.717) is 15.6 Å². The summed E-state index contributed by atoms with van der Waals surface area (Å²) in [5, 5.41) is 5.30. The van der Waals surface area contributed by atoms with Crippen molar-refractivity contribution < 1.29 is 4.79 Å². The molecule has 4 nitrogen and oxygen atoms in total. The lowest BCUT2D eigenvalue weighted by Gasteiger charge is -2.08. The summed E-state index contributed by atoms with van der Waals surface area (Å²) in [5.74, 6) is -0.301. The highest BCUT2D eigenvalue weighted by Crippen LogP contribution is 2.20.